The number of benzene rings is 2. The zero-order chi connectivity index (χ0) is 17.2. The summed E-state index contributed by atoms with van der Waals surface area (Å²) in [5.41, 5.74) is 2.03. The Morgan fingerprint density at radius 3 is 3.00 bits per heavy atom. The molecule has 0 bridgehead atoms. The molecule has 4 rings (SSSR count). The largest absolute Gasteiger partial charge is 0.489 e. The fraction of sp³-hybridized carbons (Fsp3) is 0.222. The maximum Gasteiger partial charge on any atom is 0.272 e. The summed E-state index contributed by atoms with van der Waals surface area (Å²) in [7, 11) is 0. The average Bonchev–Trinajstić information content (AvgIpc) is 2.90. The van der Waals surface area contributed by atoms with Gasteiger partial charge in [0.2, 0.25) is 0 Å². The van der Waals surface area contributed by atoms with Crippen molar-refractivity contribution in [3.05, 3.63) is 52.7 Å². The second kappa shape index (κ2) is 6.64. The molecule has 6 nitrogen and oxygen atoms in total. The van der Waals surface area contributed by atoms with E-state index in [9.17, 15) is 4.79 Å². The van der Waals surface area contributed by atoms with Crippen molar-refractivity contribution in [2.24, 2.45) is 0 Å². The molecule has 1 aliphatic heterocycles. The number of fused-ring (bicyclic) bond motifs is 2. The Hall–Kier alpha value is -2.73. The number of aromatic nitrogens is 2. The number of nitrogens with one attached hydrogen (secondary N) is 2. The van der Waals surface area contributed by atoms with Crippen LogP contribution in [0.15, 0.2) is 36.4 Å². The molecule has 0 aliphatic carbocycles. The van der Waals surface area contributed by atoms with Crippen molar-refractivity contribution >= 4 is 28.4 Å². The minimum Gasteiger partial charge on any atom is -0.489 e. The van der Waals surface area contributed by atoms with E-state index in [1.54, 1.807) is 6.07 Å². The number of carbonyl (C=O) groups excluding carboxylic acids is 1. The Balaban J connectivity index is 1.52. The first kappa shape index (κ1) is 15.8. The van der Waals surface area contributed by atoms with Crippen LogP contribution < -0.4 is 14.8 Å². The molecule has 7 heteroatoms. The minimum absolute atomic E-state index is 0.249. The van der Waals surface area contributed by atoms with Gasteiger partial charge in [-0.3, -0.25) is 9.89 Å². The molecular weight excluding hydrogens is 342 g/mol. The predicted octanol–water partition coefficient (Wildman–Crippen LogP) is 3.31. The quantitative estimate of drug-likeness (QED) is 0.754. The zero-order valence-electron chi connectivity index (χ0n) is 13.3. The van der Waals surface area contributed by atoms with Gasteiger partial charge < -0.3 is 14.8 Å². The number of nitrogens with zero attached hydrogens (tertiary/aromatic N) is 1. The lowest BCUT2D eigenvalue weighted by Crippen LogP contribution is -2.23. The van der Waals surface area contributed by atoms with Crippen LogP contribution in [0.1, 0.15) is 22.5 Å². The summed E-state index contributed by atoms with van der Waals surface area (Å²) in [6.07, 6.45) is 0.809. The smallest absolute Gasteiger partial charge is 0.272 e. The number of rotatable bonds is 3. The molecular formula is C18H16ClN3O3. The van der Waals surface area contributed by atoms with E-state index < -0.39 is 0 Å². The molecule has 25 heavy (non-hydrogen) atoms. The third-order valence-electron chi connectivity index (χ3n) is 4.00. The predicted molar refractivity (Wildman–Crippen MR) is 94.3 cm³/mol. The van der Waals surface area contributed by atoms with E-state index in [0.717, 1.165) is 22.9 Å². The number of hydrogen-bond acceptors (Lipinski definition) is 4. The van der Waals surface area contributed by atoms with Crippen molar-refractivity contribution in [3.8, 4) is 11.5 Å². The number of aromatic amines is 1. The van der Waals surface area contributed by atoms with Crippen molar-refractivity contribution in [1.29, 1.82) is 0 Å². The maximum absolute atomic E-state index is 12.4. The van der Waals surface area contributed by atoms with Crippen LogP contribution >= 0.6 is 11.6 Å². The first-order chi connectivity index (χ1) is 12.2. The molecule has 0 radical (unpaired) electrons. The summed E-state index contributed by atoms with van der Waals surface area (Å²) in [6.45, 7) is 1.48. The van der Waals surface area contributed by atoms with Crippen LogP contribution in [0.5, 0.6) is 11.5 Å². The zero-order valence-corrected chi connectivity index (χ0v) is 14.1. The van der Waals surface area contributed by atoms with Crippen molar-refractivity contribution in [2.75, 3.05) is 13.2 Å². The van der Waals surface area contributed by atoms with Gasteiger partial charge in [-0.1, -0.05) is 29.8 Å². The summed E-state index contributed by atoms with van der Waals surface area (Å²) in [5.74, 6) is 0.924. The monoisotopic (exact) mass is 357 g/mol. The summed E-state index contributed by atoms with van der Waals surface area (Å²) in [4.78, 5) is 12.4. The highest BCUT2D eigenvalue weighted by Gasteiger charge is 2.17. The van der Waals surface area contributed by atoms with Gasteiger partial charge in [0, 0.05) is 18.4 Å². The third-order valence-corrected chi connectivity index (χ3v) is 4.28. The van der Waals surface area contributed by atoms with Gasteiger partial charge in [0.25, 0.3) is 5.91 Å². The number of hydrogen-bond donors (Lipinski definition) is 2. The number of amides is 1. The molecule has 2 heterocycles. The number of carbonyl (C=O) groups is 1. The van der Waals surface area contributed by atoms with Gasteiger partial charge >= 0.3 is 0 Å². The number of para-hydroxylation sites is 1. The van der Waals surface area contributed by atoms with E-state index in [2.05, 4.69) is 15.5 Å². The van der Waals surface area contributed by atoms with E-state index >= 15 is 0 Å². The molecule has 0 fully saturated rings. The van der Waals surface area contributed by atoms with E-state index in [4.69, 9.17) is 21.1 Å². The van der Waals surface area contributed by atoms with Crippen LogP contribution in [0.3, 0.4) is 0 Å². The lowest BCUT2D eigenvalue weighted by molar-refractivity contribution is 0.0947. The topological polar surface area (TPSA) is 76.2 Å². The van der Waals surface area contributed by atoms with Gasteiger partial charge in [0.15, 0.2) is 17.2 Å². The normalized spacial score (nSPS) is 13.5. The molecule has 0 atom stereocenters. The summed E-state index contributed by atoms with van der Waals surface area (Å²) < 4.78 is 11.3. The van der Waals surface area contributed by atoms with E-state index in [0.29, 0.717) is 42.0 Å². The maximum atomic E-state index is 12.4. The summed E-state index contributed by atoms with van der Waals surface area (Å²) in [5, 5.41) is 11.1. The van der Waals surface area contributed by atoms with E-state index in [1.165, 1.54) is 0 Å². The molecule has 1 aliphatic rings. The molecule has 2 N–H and O–H groups in total. The first-order valence-corrected chi connectivity index (χ1v) is 8.39. The first-order valence-electron chi connectivity index (χ1n) is 8.02. The van der Waals surface area contributed by atoms with E-state index in [1.807, 2.05) is 30.3 Å². The van der Waals surface area contributed by atoms with Crippen molar-refractivity contribution in [1.82, 2.24) is 15.5 Å². The van der Waals surface area contributed by atoms with Gasteiger partial charge in [0.1, 0.15) is 0 Å². The number of ether oxygens (including phenoxy) is 2. The Morgan fingerprint density at radius 2 is 2.08 bits per heavy atom. The van der Waals surface area contributed by atoms with Crippen molar-refractivity contribution in [2.45, 2.75) is 13.0 Å². The lowest BCUT2D eigenvalue weighted by Gasteiger charge is -2.12. The Morgan fingerprint density at radius 1 is 1.24 bits per heavy atom. The van der Waals surface area contributed by atoms with E-state index in [-0.39, 0.29) is 5.91 Å². The van der Waals surface area contributed by atoms with Gasteiger partial charge in [-0.2, -0.15) is 5.10 Å². The third kappa shape index (κ3) is 3.13. The lowest BCUT2D eigenvalue weighted by atomic mass is 10.1. The van der Waals surface area contributed by atoms with Gasteiger partial charge in [-0.05, 0) is 23.8 Å². The van der Waals surface area contributed by atoms with Gasteiger partial charge in [-0.25, -0.2) is 0 Å². The molecule has 0 spiro atoms. The molecule has 128 valence electrons. The molecule has 1 amide bonds. The van der Waals surface area contributed by atoms with Gasteiger partial charge in [-0.15, -0.1) is 0 Å². The van der Waals surface area contributed by atoms with Crippen LogP contribution in [0.4, 0.5) is 0 Å². The summed E-state index contributed by atoms with van der Waals surface area (Å²) >= 11 is 6.28. The van der Waals surface area contributed by atoms with Crippen molar-refractivity contribution in [3.63, 3.8) is 0 Å². The highest BCUT2D eigenvalue weighted by Crippen LogP contribution is 2.37. The second-order valence-electron chi connectivity index (χ2n) is 5.76. The minimum atomic E-state index is -0.249. The second-order valence-corrected chi connectivity index (χ2v) is 6.16. The van der Waals surface area contributed by atoms with Crippen LogP contribution in [-0.2, 0) is 6.54 Å². The summed E-state index contributed by atoms with van der Waals surface area (Å²) in [6, 6.07) is 11.1. The molecule has 1 aromatic heterocycles. The standard InChI is InChI=1S/C18H16ClN3O3/c19-13-8-11(9-15-17(13)25-7-3-6-24-15)10-20-18(23)16-12-4-1-2-5-14(12)21-22-16/h1-2,4-5,8-9H,3,6-7,10H2,(H,20,23)(H,21,22). The Bertz CT molecular complexity index is 938. The molecule has 2 aromatic carbocycles. The molecule has 0 saturated heterocycles. The van der Waals surface area contributed by atoms with Crippen molar-refractivity contribution < 1.29 is 14.3 Å². The highest BCUT2D eigenvalue weighted by molar-refractivity contribution is 6.32. The molecule has 0 unspecified atom stereocenters. The number of H-pyrrole nitrogens is 1. The van der Waals surface area contributed by atoms with Crippen LogP contribution in [0, 0.1) is 0 Å². The van der Waals surface area contributed by atoms with Crippen LogP contribution in [0.2, 0.25) is 5.02 Å². The molecule has 0 saturated carbocycles. The molecule has 3 aromatic rings. The average molecular weight is 358 g/mol. The van der Waals surface area contributed by atoms with Crippen LogP contribution in [0.25, 0.3) is 10.9 Å². The fourth-order valence-corrected chi connectivity index (χ4v) is 3.08. The van der Waals surface area contributed by atoms with Crippen LogP contribution in [-0.4, -0.2) is 29.3 Å². The number of halogens is 1. The highest BCUT2D eigenvalue weighted by atomic mass is 35.5. The Kier molecular flexibility index (Phi) is 4.19. The Labute approximate surface area is 149 Å². The SMILES string of the molecule is O=C(NCc1cc(Cl)c2c(c1)OCCCO2)c1n[nH]c2ccccc12. The van der Waals surface area contributed by atoms with Gasteiger partial charge in [0.05, 0.1) is 23.8 Å². The fourth-order valence-electron chi connectivity index (χ4n) is 2.79.